The summed E-state index contributed by atoms with van der Waals surface area (Å²) in [7, 11) is 1.77. The lowest BCUT2D eigenvalue weighted by atomic mass is 10.2. The van der Waals surface area contributed by atoms with Crippen molar-refractivity contribution in [1.29, 1.82) is 0 Å². The standard InChI is InChI=1S/C18H23ClN2O3/c1-13-10-15(14(2)24-13)12-20-18(22)21(3)8-5-9-23-17-7-4-6-16(19)11-17/h4,6-7,10-11H,5,8-9,12H2,1-3H3,(H,20,22). The van der Waals surface area contributed by atoms with Gasteiger partial charge >= 0.3 is 6.03 Å². The fraction of sp³-hybridized carbons (Fsp3) is 0.389. The third-order valence-electron chi connectivity index (χ3n) is 3.62. The first-order chi connectivity index (χ1) is 11.5. The number of ether oxygens (including phenoxy) is 1. The molecule has 0 bridgehead atoms. The first-order valence-electron chi connectivity index (χ1n) is 7.89. The van der Waals surface area contributed by atoms with Gasteiger partial charge in [-0.05, 0) is 44.5 Å². The Balaban J connectivity index is 1.67. The van der Waals surface area contributed by atoms with Crippen LogP contribution in [0.2, 0.25) is 5.02 Å². The van der Waals surface area contributed by atoms with Gasteiger partial charge in [0.25, 0.3) is 0 Å². The minimum atomic E-state index is -0.115. The van der Waals surface area contributed by atoms with Crippen molar-refractivity contribution >= 4 is 17.6 Å². The Bertz CT molecular complexity index is 685. The Hall–Kier alpha value is -2.14. The molecule has 0 radical (unpaired) electrons. The Morgan fingerprint density at radius 1 is 1.33 bits per heavy atom. The maximum Gasteiger partial charge on any atom is 0.317 e. The molecule has 1 N–H and O–H groups in total. The van der Waals surface area contributed by atoms with Crippen LogP contribution < -0.4 is 10.1 Å². The topological polar surface area (TPSA) is 54.7 Å². The van der Waals surface area contributed by atoms with Crippen LogP contribution in [0.3, 0.4) is 0 Å². The van der Waals surface area contributed by atoms with Crippen LogP contribution in [0.15, 0.2) is 34.7 Å². The number of rotatable bonds is 7. The highest BCUT2D eigenvalue weighted by Crippen LogP contribution is 2.17. The SMILES string of the molecule is Cc1cc(CNC(=O)N(C)CCCOc2cccc(Cl)c2)c(C)o1. The molecule has 1 aromatic carbocycles. The number of urea groups is 1. The van der Waals surface area contributed by atoms with Gasteiger partial charge in [-0.25, -0.2) is 4.79 Å². The lowest BCUT2D eigenvalue weighted by Crippen LogP contribution is -2.37. The molecule has 2 rings (SSSR count). The summed E-state index contributed by atoms with van der Waals surface area (Å²) in [6.45, 7) is 5.38. The average Bonchev–Trinajstić information content (AvgIpc) is 2.86. The van der Waals surface area contributed by atoms with Crippen molar-refractivity contribution in [3.8, 4) is 5.75 Å². The molecule has 0 aliphatic heterocycles. The fourth-order valence-corrected chi connectivity index (χ4v) is 2.50. The van der Waals surface area contributed by atoms with E-state index in [-0.39, 0.29) is 6.03 Å². The van der Waals surface area contributed by atoms with Crippen molar-refractivity contribution in [2.75, 3.05) is 20.2 Å². The van der Waals surface area contributed by atoms with E-state index in [1.165, 1.54) is 0 Å². The van der Waals surface area contributed by atoms with Gasteiger partial charge in [-0.15, -0.1) is 0 Å². The number of amides is 2. The van der Waals surface area contributed by atoms with E-state index in [2.05, 4.69) is 5.32 Å². The summed E-state index contributed by atoms with van der Waals surface area (Å²) < 4.78 is 11.1. The van der Waals surface area contributed by atoms with Crippen LogP contribution in [0.4, 0.5) is 4.79 Å². The minimum absolute atomic E-state index is 0.115. The predicted molar refractivity (Wildman–Crippen MR) is 94.6 cm³/mol. The van der Waals surface area contributed by atoms with E-state index >= 15 is 0 Å². The normalized spacial score (nSPS) is 10.5. The summed E-state index contributed by atoms with van der Waals surface area (Å²) in [5, 5.41) is 3.53. The number of carbonyl (C=O) groups excluding carboxylic acids is 1. The number of hydrogen-bond acceptors (Lipinski definition) is 3. The molecular formula is C18H23ClN2O3. The van der Waals surface area contributed by atoms with E-state index in [4.69, 9.17) is 20.8 Å². The van der Waals surface area contributed by atoms with E-state index in [9.17, 15) is 4.79 Å². The molecule has 0 atom stereocenters. The Labute approximate surface area is 147 Å². The molecule has 130 valence electrons. The summed E-state index contributed by atoms with van der Waals surface area (Å²) in [5.41, 5.74) is 0.999. The quantitative estimate of drug-likeness (QED) is 0.763. The second kappa shape index (κ2) is 8.64. The zero-order chi connectivity index (χ0) is 17.5. The van der Waals surface area contributed by atoms with Crippen molar-refractivity contribution in [3.05, 3.63) is 52.4 Å². The second-order valence-corrected chi connectivity index (χ2v) is 6.11. The van der Waals surface area contributed by atoms with E-state index in [1.807, 2.05) is 32.0 Å². The van der Waals surface area contributed by atoms with Crippen molar-refractivity contribution in [3.63, 3.8) is 0 Å². The van der Waals surface area contributed by atoms with Crippen LogP contribution in [0.5, 0.6) is 5.75 Å². The first kappa shape index (κ1) is 18.2. The molecule has 0 unspecified atom stereocenters. The van der Waals surface area contributed by atoms with Crippen LogP contribution in [0, 0.1) is 13.8 Å². The maximum absolute atomic E-state index is 12.1. The van der Waals surface area contributed by atoms with Crippen LogP contribution in [0.25, 0.3) is 0 Å². The molecule has 2 aromatic rings. The van der Waals surface area contributed by atoms with Crippen LogP contribution in [-0.4, -0.2) is 31.1 Å². The van der Waals surface area contributed by atoms with E-state index in [0.29, 0.717) is 24.7 Å². The highest BCUT2D eigenvalue weighted by molar-refractivity contribution is 6.30. The van der Waals surface area contributed by atoms with Crippen LogP contribution in [-0.2, 0) is 6.54 Å². The molecule has 0 aliphatic rings. The Morgan fingerprint density at radius 2 is 2.12 bits per heavy atom. The van der Waals surface area contributed by atoms with E-state index < -0.39 is 0 Å². The number of benzene rings is 1. The molecule has 0 saturated heterocycles. The van der Waals surface area contributed by atoms with Crippen LogP contribution >= 0.6 is 11.6 Å². The summed E-state index contributed by atoms with van der Waals surface area (Å²) in [4.78, 5) is 13.7. The molecule has 1 aromatic heterocycles. The molecule has 0 aliphatic carbocycles. The third kappa shape index (κ3) is 5.49. The zero-order valence-corrected chi connectivity index (χ0v) is 15.0. The number of hydrogen-bond donors (Lipinski definition) is 1. The molecule has 1 heterocycles. The molecule has 6 heteroatoms. The van der Waals surface area contributed by atoms with Crippen molar-refractivity contribution in [1.82, 2.24) is 10.2 Å². The van der Waals surface area contributed by atoms with Gasteiger partial charge in [-0.1, -0.05) is 17.7 Å². The van der Waals surface area contributed by atoms with Gasteiger partial charge in [-0.3, -0.25) is 0 Å². The first-order valence-corrected chi connectivity index (χ1v) is 8.26. The smallest absolute Gasteiger partial charge is 0.317 e. The molecule has 2 amide bonds. The van der Waals surface area contributed by atoms with Gasteiger partial charge in [0.15, 0.2) is 0 Å². The van der Waals surface area contributed by atoms with Gasteiger partial charge in [0, 0.05) is 30.7 Å². The lowest BCUT2D eigenvalue weighted by molar-refractivity contribution is 0.203. The van der Waals surface area contributed by atoms with Gasteiger partial charge in [0.1, 0.15) is 17.3 Å². The number of nitrogens with zero attached hydrogens (tertiary/aromatic N) is 1. The number of aryl methyl sites for hydroxylation is 2. The van der Waals surface area contributed by atoms with Crippen molar-refractivity contribution < 1.29 is 13.9 Å². The second-order valence-electron chi connectivity index (χ2n) is 5.68. The highest BCUT2D eigenvalue weighted by atomic mass is 35.5. The molecule has 0 fully saturated rings. The number of furan rings is 1. The molecule has 24 heavy (non-hydrogen) atoms. The number of nitrogens with one attached hydrogen (secondary N) is 1. The fourth-order valence-electron chi connectivity index (χ4n) is 2.31. The van der Waals surface area contributed by atoms with Gasteiger partial charge < -0.3 is 19.4 Å². The minimum Gasteiger partial charge on any atom is -0.493 e. The van der Waals surface area contributed by atoms with Gasteiger partial charge in [-0.2, -0.15) is 0 Å². The van der Waals surface area contributed by atoms with Gasteiger partial charge in [0.2, 0.25) is 0 Å². The average molecular weight is 351 g/mol. The van der Waals surface area contributed by atoms with E-state index in [1.54, 1.807) is 24.1 Å². The van der Waals surface area contributed by atoms with Crippen LogP contribution in [0.1, 0.15) is 23.5 Å². The summed E-state index contributed by atoms with van der Waals surface area (Å²) in [5.74, 6) is 2.43. The highest BCUT2D eigenvalue weighted by Gasteiger charge is 2.10. The Kier molecular flexibility index (Phi) is 6.55. The molecule has 0 saturated carbocycles. The van der Waals surface area contributed by atoms with Gasteiger partial charge in [0.05, 0.1) is 6.61 Å². The maximum atomic E-state index is 12.1. The predicted octanol–water partition coefficient (Wildman–Crippen LogP) is 4.16. The number of carbonyl (C=O) groups is 1. The van der Waals surface area contributed by atoms with Crippen molar-refractivity contribution in [2.45, 2.75) is 26.8 Å². The number of halogens is 1. The summed E-state index contributed by atoms with van der Waals surface area (Å²) in [6.07, 6.45) is 0.736. The lowest BCUT2D eigenvalue weighted by Gasteiger charge is -2.18. The molecular weight excluding hydrogens is 328 g/mol. The molecule has 5 nitrogen and oxygen atoms in total. The third-order valence-corrected chi connectivity index (χ3v) is 3.86. The molecule has 0 spiro atoms. The van der Waals surface area contributed by atoms with Crippen molar-refractivity contribution in [2.24, 2.45) is 0 Å². The monoisotopic (exact) mass is 350 g/mol. The summed E-state index contributed by atoms with van der Waals surface area (Å²) in [6, 6.07) is 9.10. The largest absolute Gasteiger partial charge is 0.493 e. The zero-order valence-electron chi connectivity index (χ0n) is 14.3. The summed E-state index contributed by atoms with van der Waals surface area (Å²) >= 11 is 5.90. The Morgan fingerprint density at radius 3 is 2.79 bits per heavy atom. The van der Waals surface area contributed by atoms with E-state index in [0.717, 1.165) is 29.3 Å².